The van der Waals surface area contributed by atoms with Crippen molar-refractivity contribution < 1.29 is 17.2 Å². The Morgan fingerprint density at radius 2 is 1.68 bits per heavy atom. The Labute approximate surface area is 156 Å². The SMILES string of the molecule is O=S(=O)(NC(c1ccc(F)cc1)c1cccs1)c1ccc(F)cc1Br. The summed E-state index contributed by atoms with van der Waals surface area (Å²) in [5, 5.41) is 1.83. The second-order valence-electron chi connectivity index (χ2n) is 5.20. The van der Waals surface area contributed by atoms with E-state index in [9.17, 15) is 17.2 Å². The first-order valence-electron chi connectivity index (χ1n) is 7.13. The Morgan fingerprint density at radius 1 is 1.00 bits per heavy atom. The third kappa shape index (κ3) is 4.14. The Bertz CT molecular complexity index is 974. The first-order chi connectivity index (χ1) is 11.9. The van der Waals surface area contributed by atoms with E-state index in [1.54, 1.807) is 12.1 Å². The molecule has 8 heteroatoms. The number of benzene rings is 2. The van der Waals surface area contributed by atoms with Crippen LogP contribution in [0.2, 0.25) is 0 Å². The quantitative estimate of drug-likeness (QED) is 0.611. The van der Waals surface area contributed by atoms with Crippen molar-refractivity contribution in [1.82, 2.24) is 4.72 Å². The summed E-state index contributed by atoms with van der Waals surface area (Å²) in [6, 6.07) is 11.9. The number of hydrogen-bond donors (Lipinski definition) is 1. The van der Waals surface area contributed by atoms with E-state index >= 15 is 0 Å². The van der Waals surface area contributed by atoms with Crippen molar-refractivity contribution in [2.45, 2.75) is 10.9 Å². The highest BCUT2D eigenvalue weighted by molar-refractivity contribution is 9.10. The minimum atomic E-state index is -3.94. The van der Waals surface area contributed by atoms with Gasteiger partial charge in [-0.3, -0.25) is 0 Å². The minimum absolute atomic E-state index is 0.0717. The van der Waals surface area contributed by atoms with Crippen molar-refractivity contribution in [2.24, 2.45) is 0 Å². The predicted octanol–water partition coefficient (Wildman–Crippen LogP) is 4.86. The number of thiophene rings is 1. The Morgan fingerprint density at radius 3 is 2.28 bits per heavy atom. The molecular weight excluding hydrogens is 432 g/mol. The normalized spacial score (nSPS) is 12.9. The lowest BCUT2D eigenvalue weighted by molar-refractivity contribution is 0.571. The second kappa shape index (κ2) is 7.33. The summed E-state index contributed by atoms with van der Waals surface area (Å²) >= 11 is 4.46. The Hall–Kier alpha value is -1.61. The molecule has 25 heavy (non-hydrogen) atoms. The minimum Gasteiger partial charge on any atom is -0.207 e. The van der Waals surface area contributed by atoms with E-state index in [0.29, 0.717) is 5.56 Å². The van der Waals surface area contributed by atoms with Gasteiger partial charge in [-0.15, -0.1) is 11.3 Å². The fourth-order valence-corrected chi connectivity index (χ4v) is 5.44. The predicted molar refractivity (Wildman–Crippen MR) is 97.0 cm³/mol. The van der Waals surface area contributed by atoms with Gasteiger partial charge in [-0.05, 0) is 63.3 Å². The van der Waals surface area contributed by atoms with Crippen LogP contribution in [-0.2, 0) is 10.0 Å². The van der Waals surface area contributed by atoms with Crippen LogP contribution < -0.4 is 4.72 Å². The lowest BCUT2D eigenvalue weighted by Crippen LogP contribution is -2.29. The van der Waals surface area contributed by atoms with E-state index in [4.69, 9.17) is 0 Å². The topological polar surface area (TPSA) is 46.2 Å². The van der Waals surface area contributed by atoms with E-state index in [1.165, 1.54) is 41.7 Å². The molecule has 0 fully saturated rings. The molecule has 130 valence electrons. The fraction of sp³-hybridized carbons (Fsp3) is 0.0588. The molecule has 0 saturated carbocycles. The van der Waals surface area contributed by atoms with Crippen LogP contribution in [-0.4, -0.2) is 8.42 Å². The average Bonchev–Trinajstić information content (AvgIpc) is 3.07. The Kier molecular flexibility index (Phi) is 5.33. The van der Waals surface area contributed by atoms with Gasteiger partial charge >= 0.3 is 0 Å². The summed E-state index contributed by atoms with van der Waals surface area (Å²) in [5.74, 6) is -0.947. The van der Waals surface area contributed by atoms with Crippen LogP contribution in [0.4, 0.5) is 8.78 Å². The Balaban J connectivity index is 2.01. The van der Waals surface area contributed by atoms with Crippen LogP contribution in [0.25, 0.3) is 0 Å². The molecule has 0 aliphatic rings. The standard InChI is InChI=1S/C17H12BrF2NO2S2/c18-14-10-13(20)7-8-16(14)25(22,23)21-17(15-2-1-9-24-15)11-3-5-12(19)6-4-11/h1-10,17,21H. The highest BCUT2D eigenvalue weighted by atomic mass is 79.9. The zero-order valence-electron chi connectivity index (χ0n) is 12.6. The molecule has 0 saturated heterocycles. The maximum absolute atomic E-state index is 13.2. The van der Waals surface area contributed by atoms with E-state index in [2.05, 4.69) is 20.7 Å². The summed E-state index contributed by atoms with van der Waals surface area (Å²) in [6.07, 6.45) is 0. The second-order valence-corrected chi connectivity index (χ2v) is 8.71. The first-order valence-corrected chi connectivity index (χ1v) is 10.3. The monoisotopic (exact) mass is 443 g/mol. The molecule has 1 N–H and O–H groups in total. The molecule has 0 bridgehead atoms. The van der Waals surface area contributed by atoms with Gasteiger partial charge in [0.15, 0.2) is 0 Å². The van der Waals surface area contributed by atoms with E-state index in [-0.39, 0.29) is 9.37 Å². The van der Waals surface area contributed by atoms with Gasteiger partial charge in [0.2, 0.25) is 10.0 Å². The molecule has 0 amide bonds. The summed E-state index contributed by atoms with van der Waals surface area (Å²) in [7, 11) is -3.94. The molecule has 0 spiro atoms. The smallest absolute Gasteiger partial charge is 0.207 e. The van der Waals surface area contributed by atoms with Crippen LogP contribution in [0.1, 0.15) is 16.5 Å². The van der Waals surface area contributed by atoms with Crippen LogP contribution in [0.5, 0.6) is 0 Å². The number of sulfonamides is 1. The number of rotatable bonds is 5. The third-order valence-electron chi connectivity index (χ3n) is 3.49. The summed E-state index contributed by atoms with van der Waals surface area (Å²) in [5.41, 5.74) is 0.602. The van der Waals surface area contributed by atoms with Crippen LogP contribution in [0.15, 0.2) is 69.3 Å². The van der Waals surface area contributed by atoms with Crippen molar-refractivity contribution in [3.05, 3.63) is 86.5 Å². The van der Waals surface area contributed by atoms with Crippen LogP contribution >= 0.6 is 27.3 Å². The van der Waals surface area contributed by atoms with E-state index < -0.39 is 27.7 Å². The maximum Gasteiger partial charge on any atom is 0.242 e. The fourth-order valence-electron chi connectivity index (χ4n) is 2.31. The summed E-state index contributed by atoms with van der Waals surface area (Å²) < 4.78 is 54.8. The zero-order chi connectivity index (χ0) is 18.0. The van der Waals surface area contributed by atoms with Crippen molar-refractivity contribution in [3.8, 4) is 0 Å². The van der Waals surface area contributed by atoms with Crippen LogP contribution in [0, 0.1) is 11.6 Å². The summed E-state index contributed by atoms with van der Waals surface area (Å²) in [6.45, 7) is 0. The molecule has 1 aromatic heterocycles. The highest BCUT2D eigenvalue weighted by Crippen LogP contribution is 2.30. The molecule has 2 aromatic carbocycles. The molecule has 0 aliphatic heterocycles. The van der Waals surface area contributed by atoms with Gasteiger partial charge in [0.25, 0.3) is 0 Å². The maximum atomic E-state index is 13.2. The van der Waals surface area contributed by atoms with Gasteiger partial charge in [0, 0.05) is 9.35 Å². The van der Waals surface area contributed by atoms with Crippen molar-refractivity contribution in [1.29, 1.82) is 0 Å². The van der Waals surface area contributed by atoms with Gasteiger partial charge < -0.3 is 0 Å². The van der Waals surface area contributed by atoms with Crippen molar-refractivity contribution in [3.63, 3.8) is 0 Å². The largest absolute Gasteiger partial charge is 0.242 e. The molecule has 1 atom stereocenters. The lowest BCUT2D eigenvalue weighted by Gasteiger charge is -2.19. The molecule has 3 aromatic rings. The molecular formula is C17H12BrF2NO2S2. The van der Waals surface area contributed by atoms with Gasteiger partial charge in [0.05, 0.1) is 10.9 Å². The van der Waals surface area contributed by atoms with Gasteiger partial charge in [0.1, 0.15) is 11.6 Å². The van der Waals surface area contributed by atoms with E-state index in [1.807, 2.05) is 5.38 Å². The van der Waals surface area contributed by atoms with E-state index in [0.717, 1.165) is 17.0 Å². The number of nitrogens with one attached hydrogen (secondary N) is 1. The van der Waals surface area contributed by atoms with Gasteiger partial charge in [-0.1, -0.05) is 18.2 Å². The molecule has 3 rings (SSSR count). The van der Waals surface area contributed by atoms with Crippen molar-refractivity contribution in [2.75, 3.05) is 0 Å². The molecule has 0 radical (unpaired) electrons. The van der Waals surface area contributed by atoms with Crippen LogP contribution in [0.3, 0.4) is 0 Å². The van der Waals surface area contributed by atoms with Gasteiger partial charge in [-0.25, -0.2) is 17.2 Å². The molecule has 0 aliphatic carbocycles. The molecule has 3 nitrogen and oxygen atoms in total. The van der Waals surface area contributed by atoms with Gasteiger partial charge in [-0.2, -0.15) is 4.72 Å². The first kappa shape index (κ1) is 18.2. The molecule has 1 heterocycles. The average molecular weight is 444 g/mol. The number of hydrogen-bond acceptors (Lipinski definition) is 3. The highest BCUT2D eigenvalue weighted by Gasteiger charge is 2.25. The number of halogens is 3. The molecule has 1 unspecified atom stereocenters. The zero-order valence-corrected chi connectivity index (χ0v) is 15.8. The lowest BCUT2D eigenvalue weighted by atomic mass is 10.1. The summed E-state index contributed by atoms with van der Waals surface area (Å²) in [4.78, 5) is 0.686. The third-order valence-corrected chi connectivity index (χ3v) is 6.82. The van der Waals surface area contributed by atoms with Crippen molar-refractivity contribution >= 4 is 37.3 Å².